The van der Waals surface area contributed by atoms with E-state index in [9.17, 15) is 9.18 Å². The Bertz CT molecular complexity index is 910. The van der Waals surface area contributed by atoms with Crippen molar-refractivity contribution in [1.82, 2.24) is 10.3 Å². The van der Waals surface area contributed by atoms with Crippen LogP contribution >= 0.6 is 22.9 Å². The molecule has 25 heavy (non-hydrogen) atoms. The molecule has 6 heteroatoms. The summed E-state index contributed by atoms with van der Waals surface area (Å²) >= 11 is 7.46. The van der Waals surface area contributed by atoms with Crippen LogP contribution in [0.3, 0.4) is 0 Å². The molecular weight excluding hydrogens is 359 g/mol. The molecule has 0 aliphatic rings. The molecule has 0 unspecified atom stereocenters. The second-order valence-electron chi connectivity index (χ2n) is 5.69. The molecule has 128 valence electrons. The number of amides is 1. The Labute approximate surface area is 154 Å². The van der Waals surface area contributed by atoms with Gasteiger partial charge in [-0.2, -0.15) is 0 Å². The molecule has 3 aromatic rings. The van der Waals surface area contributed by atoms with Crippen LogP contribution in [0, 0.1) is 12.7 Å². The highest BCUT2D eigenvalue weighted by Crippen LogP contribution is 2.26. The fourth-order valence-electron chi connectivity index (χ4n) is 2.32. The zero-order valence-electron chi connectivity index (χ0n) is 13.6. The fourth-order valence-corrected chi connectivity index (χ4v) is 3.32. The Morgan fingerprint density at radius 2 is 2.12 bits per heavy atom. The summed E-state index contributed by atoms with van der Waals surface area (Å²) in [5, 5.41) is 6.13. The number of benzene rings is 2. The number of rotatable bonds is 5. The molecule has 0 fully saturated rings. The third-order valence-corrected chi connectivity index (χ3v) is 4.87. The van der Waals surface area contributed by atoms with E-state index in [-0.39, 0.29) is 18.1 Å². The van der Waals surface area contributed by atoms with Gasteiger partial charge >= 0.3 is 0 Å². The summed E-state index contributed by atoms with van der Waals surface area (Å²) in [6.45, 7) is 2.00. The molecule has 0 spiro atoms. The van der Waals surface area contributed by atoms with E-state index in [1.807, 2.05) is 23.6 Å². The molecule has 3 rings (SSSR count). The molecule has 2 aromatic carbocycles. The van der Waals surface area contributed by atoms with E-state index in [4.69, 9.17) is 11.6 Å². The smallest absolute Gasteiger partial charge is 0.226 e. The topological polar surface area (TPSA) is 42.0 Å². The van der Waals surface area contributed by atoms with E-state index in [0.717, 1.165) is 16.1 Å². The van der Waals surface area contributed by atoms with E-state index in [2.05, 4.69) is 10.3 Å². The zero-order valence-corrected chi connectivity index (χ0v) is 15.1. The second-order valence-corrected chi connectivity index (χ2v) is 6.99. The third kappa shape index (κ3) is 4.65. The van der Waals surface area contributed by atoms with Crippen molar-refractivity contribution in [3.63, 3.8) is 0 Å². The summed E-state index contributed by atoms with van der Waals surface area (Å²) in [6.07, 6.45) is 0.186. The van der Waals surface area contributed by atoms with Gasteiger partial charge < -0.3 is 5.32 Å². The maximum Gasteiger partial charge on any atom is 0.226 e. The zero-order chi connectivity index (χ0) is 17.8. The van der Waals surface area contributed by atoms with Crippen LogP contribution in [0.15, 0.2) is 47.8 Å². The predicted molar refractivity (Wildman–Crippen MR) is 99.2 cm³/mol. The molecule has 0 bridgehead atoms. The van der Waals surface area contributed by atoms with Gasteiger partial charge in [0.25, 0.3) is 0 Å². The Kier molecular flexibility index (Phi) is 5.46. The molecule has 1 aromatic heterocycles. The molecule has 0 saturated carbocycles. The highest BCUT2D eigenvalue weighted by Gasteiger charge is 2.10. The monoisotopic (exact) mass is 374 g/mol. The van der Waals surface area contributed by atoms with E-state index < -0.39 is 0 Å². The highest BCUT2D eigenvalue weighted by molar-refractivity contribution is 7.13. The summed E-state index contributed by atoms with van der Waals surface area (Å²) in [6, 6.07) is 12.4. The lowest BCUT2D eigenvalue weighted by molar-refractivity contribution is -0.120. The van der Waals surface area contributed by atoms with Crippen molar-refractivity contribution in [1.29, 1.82) is 0 Å². The average molecular weight is 375 g/mol. The largest absolute Gasteiger partial charge is 0.352 e. The molecule has 1 N–H and O–H groups in total. The van der Waals surface area contributed by atoms with Crippen LogP contribution in [0.2, 0.25) is 5.02 Å². The number of aromatic nitrogens is 1. The Morgan fingerprint density at radius 1 is 1.28 bits per heavy atom. The van der Waals surface area contributed by atoms with Crippen LogP contribution in [-0.2, 0) is 17.8 Å². The normalized spacial score (nSPS) is 10.7. The first-order valence-electron chi connectivity index (χ1n) is 7.73. The third-order valence-electron chi connectivity index (χ3n) is 3.69. The van der Waals surface area contributed by atoms with E-state index in [1.165, 1.54) is 17.4 Å². The van der Waals surface area contributed by atoms with Crippen LogP contribution in [-0.4, -0.2) is 10.9 Å². The van der Waals surface area contributed by atoms with Crippen molar-refractivity contribution in [2.24, 2.45) is 0 Å². The predicted octanol–water partition coefficient (Wildman–Crippen LogP) is 4.77. The molecule has 0 aliphatic heterocycles. The molecule has 0 radical (unpaired) electrons. The van der Waals surface area contributed by atoms with Gasteiger partial charge in [-0.1, -0.05) is 35.9 Å². The number of nitrogens with one attached hydrogen (secondary N) is 1. The van der Waals surface area contributed by atoms with E-state index in [1.54, 1.807) is 25.1 Å². The first-order chi connectivity index (χ1) is 12.0. The van der Waals surface area contributed by atoms with Gasteiger partial charge in [0.1, 0.15) is 10.8 Å². The number of aryl methyl sites for hydroxylation is 1. The molecule has 0 atom stereocenters. The molecule has 1 amide bonds. The number of nitrogens with zero attached hydrogens (tertiary/aromatic N) is 1. The van der Waals surface area contributed by atoms with Gasteiger partial charge in [0.05, 0.1) is 12.1 Å². The van der Waals surface area contributed by atoms with Gasteiger partial charge in [-0.25, -0.2) is 9.37 Å². The minimum atomic E-state index is -0.266. The van der Waals surface area contributed by atoms with E-state index >= 15 is 0 Å². The second kappa shape index (κ2) is 7.76. The maximum atomic E-state index is 13.5. The minimum Gasteiger partial charge on any atom is -0.352 e. The average Bonchev–Trinajstić information content (AvgIpc) is 3.04. The lowest BCUT2D eigenvalue weighted by Crippen LogP contribution is -2.24. The molecular formula is C19H16ClFN2OS. The number of hydrogen-bond acceptors (Lipinski definition) is 3. The standard InChI is InChI=1S/C19H16ClFN2OS/c1-12-5-6-13(7-17(12)21)10-22-18(24)9-16-11-25-19(23-16)14-3-2-4-15(20)8-14/h2-8,11H,9-10H2,1H3,(H,22,24). The SMILES string of the molecule is Cc1ccc(CNC(=O)Cc2csc(-c3cccc(Cl)c3)n2)cc1F. The number of thiazole rings is 1. The molecule has 0 saturated heterocycles. The number of carbonyl (C=O) groups excluding carboxylic acids is 1. The first-order valence-corrected chi connectivity index (χ1v) is 8.99. The van der Waals surface area contributed by atoms with Crippen LogP contribution in [0.1, 0.15) is 16.8 Å². The number of hydrogen-bond donors (Lipinski definition) is 1. The number of halogens is 2. The van der Waals surface area contributed by atoms with Crippen molar-refractivity contribution >= 4 is 28.8 Å². The minimum absolute atomic E-state index is 0.149. The van der Waals surface area contributed by atoms with Gasteiger partial charge in [-0.15, -0.1) is 11.3 Å². The molecule has 0 aliphatic carbocycles. The van der Waals surface area contributed by atoms with E-state index in [0.29, 0.717) is 22.8 Å². The van der Waals surface area contributed by atoms with Crippen molar-refractivity contribution in [3.05, 3.63) is 75.5 Å². The lowest BCUT2D eigenvalue weighted by atomic mass is 10.1. The van der Waals surface area contributed by atoms with Crippen LogP contribution in [0.5, 0.6) is 0 Å². The first kappa shape index (κ1) is 17.6. The molecule has 3 nitrogen and oxygen atoms in total. The molecule has 1 heterocycles. The van der Waals surface area contributed by atoms with Gasteiger partial charge in [-0.05, 0) is 36.2 Å². The van der Waals surface area contributed by atoms with Crippen molar-refractivity contribution in [3.8, 4) is 10.6 Å². The number of carbonyl (C=O) groups is 1. The summed E-state index contributed by atoms with van der Waals surface area (Å²) in [5.74, 6) is -0.415. The van der Waals surface area contributed by atoms with Crippen LogP contribution in [0.4, 0.5) is 4.39 Å². The van der Waals surface area contributed by atoms with Crippen LogP contribution in [0.25, 0.3) is 10.6 Å². The summed E-state index contributed by atoms with van der Waals surface area (Å²) < 4.78 is 13.5. The highest BCUT2D eigenvalue weighted by atomic mass is 35.5. The van der Waals surface area contributed by atoms with Crippen LogP contribution < -0.4 is 5.32 Å². The van der Waals surface area contributed by atoms with Gasteiger partial charge in [0.15, 0.2) is 0 Å². The summed E-state index contributed by atoms with van der Waals surface area (Å²) in [7, 11) is 0. The van der Waals surface area contributed by atoms with Gasteiger partial charge in [0, 0.05) is 22.5 Å². The maximum absolute atomic E-state index is 13.5. The summed E-state index contributed by atoms with van der Waals surface area (Å²) in [5.41, 5.74) is 2.95. The quantitative estimate of drug-likeness (QED) is 0.699. The van der Waals surface area contributed by atoms with Crippen molar-refractivity contribution in [2.45, 2.75) is 19.9 Å². The van der Waals surface area contributed by atoms with Gasteiger partial charge in [0.2, 0.25) is 5.91 Å². The Balaban J connectivity index is 1.59. The van der Waals surface area contributed by atoms with Gasteiger partial charge in [-0.3, -0.25) is 4.79 Å². The van der Waals surface area contributed by atoms with Crippen molar-refractivity contribution in [2.75, 3.05) is 0 Å². The lowest BCUT2D eigenvalue weighted by Gasteiger charge is -2.05. The Morgan fingerprint density at radius 3 is 2.88 bits per heavy atom. The fraction of sp³-hybridized carbons (Fsp3) is 0.158. The summed E-state index contributed by atoms with van der Waals surface area (Å²) in [4.78, 5) is 16.6. The van der Waals surface area contributed by atoms with Crippen molar-refractivity contribution < 1.29 is 9.18 Å². The Hall–Kier alpha value is -2.24.